The van der Waals surface area contributed by atoms with E-state index < -0.39 is 21.7 Å². The largest absolute Gasteiger partial charge is 0.480 e. The summed E-state index contributed by atoms with van der Waals surface area (Å²) in [7, 11) is -3.62. The van der Waals surface area contributed by atoms with Gasteiger partial charge >= 0.3 is 5.97 Å². The molecule has 0 radical (unpaired) electrons. The number of rotatable bonds is 4. The van der Waals surface area contributed by atoms with Gasteiger partial charge in [0.2, 0.25) is 10.0 Å². The normalized spacial score (nSPS) is 23.5. The minimum Gasteiger partial charge on any atom is -0.480 e. The molecule has 0 amide bonds. The fourth-order valence-electron chi connectivity index (χ4n) is 2.02. The minimum atomic E-state index is -3.62. The van der Waals surface area contributed by atoms with E-state index in [1.54, 1.807) is 0 Å². The summed E-state index contributed by atoms with van der Waals surface area (Å²) in [5.41, 5.74) is 0. The topological polar surface area (TPSA) is 74.7 Å². The lowest BCUT2D eigenvalue weighted by molar-refractivity contribution is -0.134. The number of hydrogen-bond donors (Lipinski definition) is 1. The van der Waals surface area contributed by atoms with Gasteiger partial charge in [0.1, 0.15) is 0 Å². The molecule has 88 valence electrons. The molecule has 0 aliphatic carbocycles. The third kappa shape index (κ3) is 2.92. The van der Waals surface area contributed by atoms with E-state index in [1.807, 2.05) is 13.8 Å². The highest BCUT2D eigenvalue weighted by Gasteiger charge is 2.36. The van der Waals surface area contributed by atoms with Gasteiger partial charge in [0.05, 0.1) is 0 Å². The summed E-state index contributed by atoms with van der Waals surface area (Å²) in [5, 5.41) is 8.53. The summed E-state index contributed by atoms with van der Waals surface area (Å²) in [5.74, 6) is -1.85. The molecule has 1 N–H and O–H groups in total. The number of nitrogens with zero attached hydrogens (tertiary/aromatic N) is 1. The Kier molecular flexibility index (Phi) is 3.72. The molecule has 0 aromatic carbocycles. The first-order valence-corrected chi connectivity index (χ1v) is 6.67. The van der Waals surface area contributed by atoms with Crippen molar-refractivity contribution in [3.63, 3.8) is 0 Å². The average Bonchev–Trinajstić information content (AvgIpc) is 2.48. The molecule has 0 aromatic heterocycles. The second-order valence-electron chi connectivity index (χ2n) is 4.21. The van der Waals surface area contributed by atoms with Crippen molar-refractivity contribution < 1.29 is 18.3 Å². The molecule has 0 spiro atoms. The lowest BCUT2D eigenvalue weighted by Gasteiger charge is -2.26. The number of aliphatic carboxylic acids is 1. The van der Waals surface area contributed by atoms with Crippen LogP contribution in [0.15, 0.2) is 0 Å². The first-order valence-electron chi connectivity index (χ1n) is 5.06. The molecule has 1 unspecified atom stereocenters. The van der Waals surface area contributed by atoms with E-state index in [4.69, 9.17) is 5.11 Å². The van der Waals surface area contributed by atoms with E-state index in [2.05, 4.69) is 0 Å². The predicted octanol–water partition coefficient (Wildman–Crippen LogP) is 0.521. The van der Waals surface area contributed by atoms with Crippen LogP contribution in [-0.4, -0.2) is 42.1 Å². The van der Waals surface area contributed by atoms with Crippen LogP contribution in [0, 0.1) is 5.92 Å². The Hall–Kier alpha value is -0.620. The monoisotopic (exact) mass is 235 g/mol. The number of sulfonamides is 1. The maximum Gasteiger partial charge on any atom is 0.320 e. The Morgan fingerprint density at radius 2 is 2.13 bits per heavy atom. The number of carbonyl (C=O) groups is 1. The second-order valence-corrected chi connectivity index (χ2v) is 6.14. The van der Waals surface area contributed by atoms with E-state index in [9.17, 15) is 13.2 Å². The molecule has 1 aliphatic heterocycles. The molecular weight excluding hydrogens is 218 g/mol. The Bertz CT molecular complexity index is 336. The zero-order valence-electron chi connectivity index (χ0n) is 9.01. The van der Waals surface area contributed by atoms with Crippen LogP contribution in [-0.2, 0) is 14.8 Å². The zero-order chi connectivity index (χ0) is 11.6. The quantitative estimate of drug-likeness (QED) is 0.771. The molecule has 1 heterocycles. The number of hydrogen-bond acceptors (Lipinski definition) is 3. The zero-order valence-corrected chi connectivity index (χ0v) is 9.83. The highest BCUT2D eigenvalue weighted by Crippen LogP contribution is 2.26. The van der Waals surface area contributed by atoms with Gasteiger partial charge in [0.15, 0.2) is 5.75 Å². The van der Waals surface area contributed by atoms with Crippen LogP contribution in [0.1, 0.15) is 26.7 Å². The van der Waals surface area contributed by atoms with Gasteiger partial charge in [-0.2, -0.15) is 4.31 Å². The van der Waals surface area contributed by atoms with Crippen molar-refractivity contribution in [1.29, 1.82) is 0 Å². The van der Waals surface area contributed by atoms with Crippen molar-refractivity contribution in [3.8, 4) is 0 Å². The molecule has 1 atom stereocenters. The molecule has 0 aromatic rings. The minimum absolute atomic E-state index is 0.0330. The molecule has 1 aliphatic rings. The van der Waals surface area contributed by atoms with Crippen LogP contribution in [0.5, 0.6) is 0 Å². The van der Waals surface area contributed by atoms with Crippen LogP contribution < -0.4 is 0 Å². The molecule has 5 nitrogen and oxygen atoms in total. The van der Waals surface area contributed by atoms with Gasteiger partial charge in [-0.05, 0) is 18.8 Å². The molecule has 1 fully saturated rings. The maximum atomic E-state index is 11.7. The Balaban J connectivity index is 2.82. The number of carboxylic acids is 1. The molecule has 15 heavy (non-hydrogen) atoms. The van der Waals surface area contributed by atoms with Crippen LogP contribution >= 0.6 is 0 Å². The molecule has 1 saturated heterocycles. The summed E-state index contributed by atoms with van der Waals surface area (Å²) >= 11 is 0. The first kappa shape index (κ1) is 12.4. The van der Waals surface area contributed by atoms with Crippen molar-refractivity contribution in [2.75, 3.05) is 12.3 Å². The van der Waals surface area contributed by atoms with Gasteiger partial charge in [0.25, 0.3) is 0 Å². The third-order valence-corrected chi connectivity index (χ3v) is 4.46. The van der Waals surface area contributed by atoms with E-state index in [0.717, 1.165) is 12.8 Å². The van der Waals surface area contributed by atoms with E-state index in [-0.39, 0.29) is 12.0 Å². The van der Waals surface area contributed by atoms with Crippen molar-refractivity contribution in [2.45, 2.75) is 32.7 Å². The SMILES string of the molecule is CC(C)C1CCCN1S(=O)(=O)CC(=O)O. The van der Waals surface area contributed by atoms with Crippen molar-refractivity contribution in [3.05, 3.63) is 0 Å². The van der Waals surface area contributed by atoms with Crippen LogP contribution in [0.2, 0.25) is 0 Å². The standard InChI is InChI=1S/C9H17NO4S/c1-7(2)8-4-3-5-10(8)15(13,14)6-9(11)12/h7-8H,3-6H2,1-2H3,(H,11,12). The summed E-state index contributed by atoms with van der Waals surface area (Å²) in [4.78, 5) is 10.4. The third-order valence-electron chi connectivity index (χ3n) is 2.68. The summed E-state index contributed by atoms with van der Waals surface area (Å²) in [6, 6.07) is -0.0330. The van der Waals surface area contributed by atoms with E-state index in [0.29, 0.717) is 6.54 Å². The van der Waals surface area contributed by atoms with Gasteiger partial charge in [-0.25, -0.2) is 8.42 Å². The van der Waals surface area contributed by atoms with E-state index in [1.165, 1.54) is 4.31 Å². The summed E-state index contributed by atoms with van der Waals surface area (Å²) in [6.45, 7) is 4.37. The molecule has 6 heteroatoms. The van der Waals surface area contributed by atoms with Crippen LogP contribution in [0.3, 0.4) is 0 Å². The van der Waals surface area contributed by atoms with Crippen LogP contribution in [0.25, 0.3) is 0 Å². The Morgan fingerprint density at radius 3 is 2.60 bits per heavy atom. The highest BCUT2D eigenvalue weighted by molar-refractivity contribution is 7.89. The summed E-state index contributed by atoms with van der Waals surface area (Å²) in [6.07, 6.45) is 1.65. The van der Waals surface area contributed by atoms with Crippen molar-refractivity contribution >= 4 is 16.0 Å². The van der Waals surface area contributed by atoms with Gasteiger partial charge < -0.3 is 5.11 Å². The van der Waals surface area contributed by atoms with Gasteiger partial charge in [-0.3, -0.25) is 4.79 Å². The maximum absolute atomic E-state index is 11.7. The lowest BCUT2D eigenvalue weighted by Crippen LogP contribution is -2.41. The van der Waals surface area contributed by atoms with Crippen molar-refractivity contribution in [2.24, 2.45) is 5.92 Å². The molecule has 0 saturated carbocycles. The summed E-state index contributed by atoms with van der Waals surface area (Å²) < 4.78 is 24.8. The van der Waals surface area contributed by atoms with Gasteiger partial charge in [-0.15, -0.1) is 0 Å². The smallest absolute Gasteiger partial charge is 0.320 e. The van der Waals surface area contributed by atoms with Gasteiger partial charge in [-0.1, -0.05) is 13.8 Å². The second kappa shape index (κ2) is 4.49. The molecule has 1 rings (SSSR count). The van der Waals surface area contributed by atoms with Gasteiger partial charge in [0, 0.05) is 12.6 Å². The number of carboxylic acid groups (broad SMARTS) is 1. The Morgan fingerprint density at radius 1 is 1.53 bits per heavy atom. The first-order chi connectivity index (χ1) is 6.84. The molecule has 0 bridgehead atoms. The fourth-order valence-corrected chi connectivity index (χ4v) is 3.66. The van der Waals surface area contributed by atoms with Crippen molar-refractivity contribution in [1.82, 2.24) is 4.31 Å². The van der Waals surface area contributed by atoms with Crippen LogP contribution in [0.4, 0.5) is 0 Å². The average molecular weight is 235 g/mol. The predicted molar refractivity (Wildman–Crippen MR) is 56.0 cm³/mol. The lowest BCUT2D eigenvalue weighted by atomic mass is 10.0. The van der Waals surface area contributed by atoms with E-state index >= 15 is 0 Å². The highest BCUT2D eigenvalue weighted by atomic mass is 32.2. The molecular formula is C9H17NO4S. The fraction of sp³-hybridized carbons (Fsp3) is 0.889. The Labute approximate surface area is 90.1 Å².